The van der Waals surface area contributed by atoms with Gasteiger partial charge in [0.05, 0.1) is 0 Å². The number of amides is 2. The molecular formula is C26H35N3O3. The van der Waals surface area contributed by atoms with E-state index in [0.29, 0.717) is 24.9 Å². The van der Waals surface area contributed by atoms with Crippen molar-refractivity contribution in [2.45, 2.75) is 70.0 Å². The minimum Gasteiger partial charge on any atom is -0.381 e. The van der Waals surface area contributed by atoms with Crippen LogP contribution in [0.15, 0.2) is 30.5 Å². The normalized spacial score (nSPS) is 26.8. The number of fused-ring (bicyclic) bond motifs is 1. The number of hydrogen-bond donors (Lipinski definition) is 1. The van der Waals surface area contributed by atoms with Crippen LogP contribution < -0.4 is 5.32 Å². The number of allylic oxidation sites excluding steroid dienone is 1. The van der Waals surface area contributed by atoms with E-state index >= 15 is 0 Å². The second kappa shape index (κ2) is 8.99. The smallest absolute Gasteiger partial charge is 0.255 e. The zero-order chi connectivity index (χ0) is 22.2. The van der Waals surface area contributed by atoms with E-state index in [1.165, 1.54) is 18.4 Å². The highest BCUT2D eigenvalue weighted by Gasteiger charge is 2.38. The molecule has 1 aromatic carbocycles. The minimum atomic E-state index is -0.390. The van der Waals surface area contributed by atoms with Crippen molar-refractivity contribution in [3.8, 4) is 0 Å². The highest BCUT2D eigenvalue weighted by molar-refractivity contribution is 6.01. The summed E-state index contributed by atoms with van der Waals surface area (Å²) >= 11 is 0. The molecule has 4 aliphatic rings. The molecule has 172 valence electrons. The molecule has 4 heterocycles. The lowest BCUT2D eigenvalue weighted by Crippen LogP contribution is -2.49. The summed E-state index contributed by atoms with van der Waals surface area (Å²) in [5.41, 5.74) is 3.92. The summed E-state index contributed by atoms with van der Waals surface area (Å²) < 4.78 is 5.54. The molecule has 1 N–H and O–H groups in total. The van der Waals surface area contributed by atoms with E-state index in [2.05, 4.69) is 35.9 Å². The summed E-state index contributed by atoms with van der Waals surface area (Å²) in [6.07, 6.45) is 6.08. The Morgan fingerprint density at radius 2 is 1.84 bits per heavy atom. The Morgan fingerprint density at radius 3 is 2.56 bits per heavy atom. The molecule has 3 saturated heterocycles. The Labute approximate surface area is 191 Å². The molecule has 4 aliphatic heterocycles. The first-order valence-corrected chi connectivity index (χ1v) is 12.3. The Kier molecular flexibility index (Phi) is 6.08. The number of carbonyl (C=O) groups excluding carboxylic acids is 2. The van der Waals surface area contributed by atoms with Crippen molar-refractivity contribution >= 4 is 11.8 Å². The molecule has 0 aromatic heterocycles. The van der Waals surface area contributed by atoms with Crippen molar-refractivity contribution < 1.29 is 14.3 Å². The summed E-state index contributed by atoms with van der Waals surface area (Å²) in [4.78, 5) is 29.8. The van der Waals surface area contributed by atoms with Crippen LogP contribution in [0.2, 0.25) is 0 Å². The predicted molar refractivity (Wildman–Crippen MR) is 123 cm³/mol. The van der Waals surface area contributed by atoms with Gasteiger partial charge in [0.25, 0.3) is 5.91 Å². The molecule has 0 radical (unpaired) electrons. The maximum atomic E-state index is 13.0. The van der Waals surface area contributed by atoms with Gasteiger partial charge >= 0.3 is 0 Å². The third-order valence-electron chi connectivity index (χ3n) is 8.18. The highest BCUT2D eigenvalue weighted by atomic mass is 16.5. The van der Waals surface area contributed by atoms with Crippen LogP contribution in [-0.4, -0.2) is 60.0 Å². The molecule has 6 heteroatoms. The molecule has 2 amide bonds. The van der Waals surface area contributed by atoms with Crippen LogP contribution >= 0.6 is 0 Å². The number of nitrogens with one attached hydrogen (secondary N) is 1. The van der Waals surface area contributed by atoms with Crippen LogP contribution in [0.3, 0.4) is 0 Å². The third kappa shape index (κ3) is 4.11. The van der Waals surface area contributed by atoms with Gasteiger partial charge < -0.3 is 19.9 Å². The van der Waals surface area contributed by atoms with Crippen molar-refractivity contribution in [3.05, 3.63) is 47.2 Å². The Balaban J connectivity index is 1.22. The lowest BCUT2D eigenvalue weighted by atomic mass is 9.85. The molecular weight excluding hydrogens is 402 g/mol. The summed E-state index contributed by atoms with van der Waals surface area (Å²) in [7, 11) is 0. The van der Waals surface area contributed by atoms with Crippen LogP contribution in [0.5, 0.6) is 0 Å². The standard InChI is InChI=1S/C26H35N3O3/c1-17-3-6-24(25(30)27-17)29-16-22-15-21(4-5-23(22)26(29)31)20-7-11-28(12-8-20)18(2)19-9-13-32-14-10-19/h4-5,15,18-20,24H,1,3,6-14,16H2,2H3,(H,27,30). The quantitative estimate of drug-likeness (QED) is 0.784. The average molecular weight is 438 g/mol. The average Bonchev–Trinajstić information content (AvgIpc) is 3.15. The van der Waals surface area contributed by atoms with Gasteiger partial charge in [-0.3, -0.25) is 9.59 Å². The van der Waals surface area contributed by atoms with E-state index in [-0.39, 0.29) is 11.8 Å². The number of nitrogens with zero attached hydrogens (tertiary/aromatic N) is 2. The second-order valence-corrected chi connectivity index (χ2v) is 10.00. The lowest BCUT2D eigenvalue weighted by molar-refractivity contribution is -0.126. The maximum absolute atomic E-state index is 13.0. The Bertz CT molecular complexity index is 900. The summed E-state index contributed by atoms with van der Waals surface area (Å²) in [6, 6.07) is 6.60. The number of carbonyl (C=O) groups is 2. The van der Waals surface area contributed by atoms with Gasteiger partial charge in [-0.2, -0.15) is 0 Å². The second-order valence-electron chi connectivity index (χ2n) is 10.00. The highest BCUT2D eigenvalue weighted by Crippen LogP contribution is 2.35. The van der Waals surface area contributed by atoms with Crippen molar-refractivity contribution in [2.75, 3.05) is 26.3 Å². The first kappa shape index (κ1) is 21.7. The van der Waals surface area contributed by atoms with Gasteiger partial charge in [-0.05, 0) is 87.6 Å². The van der Waals surface area contributed by atoms with Crippen LogP contribution in [0.25, 0.3) is 0 Å². The first-order valence-electron chi connectivity index (χ1n) is 12.3. The fourth-order valence-electron chi connectivity index (χ4n) is 6.06. The van der Waals surface area contributed by atoms with Gasteiger partial charge in [-0.25, -0.2) is 0 Å². The number of likely N-dealkylation sites (tertiary alicyclic amines) is 1. The number of hydrogen-bond acceptors (Lipinski definition) is 4. The van der Waals surface area contributed by atoms with Gasteiger partial charge in [0, 0.05) is 37.1 Å². The summed E-state index contributed by atoms with van der Waals surface area (Å²) in [6.45, 7) is 10.9. The van der Waals surface area contributed by atoms with Gasteiger partial charge in [-0.1, -0.05) is 18.7 Å². The first-order chi connectivity index (χ1) is 15.5. The monoisotopic (exact) mass is 437 g/mol. The fourth-order valence-corrected chi connectivity index (χ4v) is 6.06. The molecule has 0 saturated carbocycles. The molecule has 2 unspecified atom stereocenters. The Morgan fingerprint density at radius 1 is 1.09 bits per heavy atom. The molecule has 1 aromatic rings. The SMILES string of the molecule is C=C1CCC(N2Cc3cc(C4CCN(C(C)C5CCOCC5)CC4)ccc3C2=O)C(=O)N1. The van der Waals surface area contributed by atoms with Crippen molar-refractivity contribution in [1.29, 1.82) is 0 Å². The van der Waals surface area contributed by atoms with Gasteiger partial charge in [0.2, 0.25) is 5.91 Å². The third-order valence-corrected chi connectivity index (χ3v) is 8.18. The zero-order valence-electron chi connectivity index (χ0n) is 19.1. The number of benzene rings is 1. The minimum absolute atomic E-state index is 0.0145. The topological polar surface area (TPSA) is 61.9 Å². The predicted octanol–water partition coefficient (Wildman–Crippen LogP) is 3.43. The number of piperidine rings is 2. The van der Waals surface area contributed by atoms with E-state index in [9.17, 15) is 9.59 Å². The zero-order valence-corrected chi connectivity index (χ0v) is 19.1. The number of rotatable bonds is 4. The molecule has 6 nitrogen and oxygen atoms in total. The van der Waals surface area contributed by atoms with Crippen molar-refractivity contribution in [1.82, 2.24) is 15.1 Å². The van der Waals surface area contributed by atoms with Gasteiger partial charge in [0.15, 0.2) is 0 Å². The van der Waals surface area contributed by atoms with E-state index in [4.69, 9.17) is 4.74 Å². The molecule has 0 bridgehead atoms. The number of ether oxygens (including phenoxy) is 1. The molecule has 0 spiro atoms. The van der Waals surface area contributed by atoms with Gasteiger partial charge in [-0.15, -0.1) is 0 Å². The molecule has 2 atom stereocenters. The van der Waals surface area contributed by atoms with E-state index in [0.717, 1.165) is 68.3 Å². The molecule has 5 rings (SSSR count). The van der Waals surface area contributed by atoms with E-state index in [1.807, 2.05) is 6.07 Å². The summed E-state index contributed by atoms with van der Waals surface area (Å²) in [5.74, 6) is 1.18. The lowest BCUT2D eigenvalue weighted by Gasteiger charge is -2.40. The maximum Gasteiger partial charge on any atom is 0.255 e. The molecule has 32 heavy (non-hydrogen) atoms. The van der Waals surface area contributed by atoms with Crippen LogP contribution in [-0.2, 0) is 16.1 Å². The summed E-state index contributed by atoms with van der Waals surface area (Å²) in [5, 5.41) is 2.81. The van der Waals surface area contributed by atoms with Crippen LogP contribution in [0.1, 0.15) is 72.9 Å². The molecule has 0 aliphatic carbocycles. The van der Waals surface area contributed by atoms with E-state index < -0.39 is 6.04 Å². The fraction of sp³-hybridized carbons (Fsp3) is 0.615. The van der Waals surface area contributed by atoms with Crippen molar-refractivity contribution in [3.63, 3.8) is 0 Å². The van der Waals surface area contributed by atoms with Gasteiger partial charge in [0.1, 0.15) is 6.04 Å². The van der Waals surface area contributed by atoms with Crippen LogP contribution in [0, 0.1) is 5.92 Å². The Hall–Kier alpha value is -2.18. The molecule has 3 fully saturated rings. The van der Waals surface area contributed by atoms with Crippen molar-refractivity contribution in [2.24, 2.45) is 5.92 Å². The van der Waals surface area contributed by atoms with E-state index in [1.54, 1.807) is 4.90 Å². The largest absolute Gasteiger partial charge is 0.381 e. The van der Waals surface area contributed by atoms with Crippen LogP contribution in [0.4, 0.5) is 0 Å².